The molecule has 4 rings (SSSR count). The molecule has 9 nitrogen and oxygen atoms in total. The third kappa shape index (κ3) is 6.74. The molecule has 1 aromatic heterocycles. The quantitative estimate of drug-likeness (QED) is 0.126. The summed E-state index contributed by atoms with van der Waals surface area (Å²) in [5, 5.41) is 7.85. The van der Waals surface area contributed by atoms with Gasteiger partial charge in [0.25, 0.3) is 0 Å². The van der Waals surface area contributed by atoms with E-state index in [0.717, 1.165) is 10.9 Å². The number of esters is 1. The van der Waals surface area contributed by atoms with Gasteiger partial charge in [0.05, 0.1) is 0 Å². The molecule has 0 aliphatic heterocycles. The number of hydrogen-bond acceptors (Lipinski definition) is 5. The summed E-state index contributed by atoms with van der Waals surface area (Å²) < 4.78 is 13.8. The number of hydrogen-bond donors (Lipinski definition) is 1. The molecule has 2 aromatic carbocycles. The molecule has 1 amide bonds. The molecule has 1 aliphatic rings. The zero-order valence-electron chi connectivity index (χ0n) is 20.5. The number of rotatable bonds is 10. The second-order valence-electron chi connectivity index (χ2n) is 8.64. The fraction of sp³-hybridized carbons (Fsp3) is 0.333. The Morgan fingerprint density at radius 2 is 1.81 bits per heavy atom. The van der Waals surface area contributed by atoms with Gasteiger partial charge in [-0.1, -0.05) is 6.07 Å². The number of aromatic nitrogens is 1. The van der Waals surface area contributed by atoms with Gasteiger partial charge in [0.15, 0.2) is 0 Å². The van der Waals surface area contributed by atoms with Crippen molar-refractivity contribution in [3.05, 3.63) is 101 Å². The van der Waals surface area contributed by atoms with Crippen molar-refractivity contribution in [2.24, 2.45) is 11.0 Å². The van der Waals surface area contributed by atoms with Gasteiger partial charge >= 0.3 is 216 Å². The van der Waals surface area contributed by atoms with Crippen LogP contribution in [0.5, 0.6) is 0 Å². The Labute approximate surface area is 221 Å². The van der Waals surface area contributed by atoms with Crippen LogP contribution >= 0.6 is 0 Å². The summed E-state index contributed by atoms with van der Waals surface area (Å²) in [4.78, 5) is 28.6. The maximum atomic E-state index is 13.1. The van der Waals surface area contributed by atoms with Gasteiger partial charge in [0, 0.05) is 0 Å². The summed E-state index contributed by atoms with van der Waals surface area (Å²) in [6.45, 7) is 2.11. The molecule has 0 radical (unpaired) electrons. The van der Waals surface area contributed by atoms with Gasteiger partial charge in [-0.25, -0.2) is 0 Å². The first kappa shape index (κ1) is 26.4. The van der Waals surface area contributed by atoms with Crippen LogP contribution in [0, 0.1) is 5.92 Å². The Morgan fingerprint density at radius 3 is 2.51 bits per heavy atom. The molecule has 0 unspecified atom stereocenters. The summed E-state index contributed by atoms with van der Waals surface area (Å²) in [5.74, 6) is -0.440. The van der Waals surface area contributed by atoms with Crippen molar-refractivity contribution >= 4 is 31.5 Å². The van der Waals surface area contributed by atoms with Crippen LogP contribution in [0.1, 0.15) is 35.4 Å². The molecule has 1 aliphatic carbocycles. The molecule has 3 aromatic rings. The molecule has 37 heavy (non-hydrogen) atoms. The average molecular weight is 567 g/mol. The topological polar surface area (TPSA) is 118 Å². The van der Waals surface area contributed by atoms with Crippen LogP contribution in [0.4, 0.5) is 4.79 Å². The van der Waals surface area contributed by atoms with Crippen LogP contribution in [0.25, 0.3) is 10.4 Å². The number of nitrogens with one attached hydrogen (secondary N) is 1. The van der Waals surface area contributed by atoms with Crippen LogP contribution in [0.15, 0.2) is 84.1 Å². The van der Waals surface area contributed by atoms with E-state index >= 15 is 0 Å². The van der Waals surface area contributed by atoms with E-state index in [9.17, 15) is 15.1 Å². The summed E-state index contributed by atoms with van der Waals surface area (Å²) >= 11 is 0.159. The molecule has 1 heterocycles. The Hall–Kier alpha value is -3.71. The van der Waals surface area contributed by atoms with E-state index in [4.69, 9.17) is 9.47 Å². The van der Waals surface area contributed by atoms with Crippen molar-refractivity contribution in [1.29, 1.82) is 0 Å². The fourth-order valence-electron chi connectivity index (χ4n) is 4.66. The van der Waals surface area contributed by atoms with Gasteiger partial charge < -0.3 is 0 Å². The SMILES string of the molecule is CCOC(=O)N[C@H]1[C@H](N=[N+]=[N-])[C@@H](C[Se]c2ccccc2)C[C@H]1n1cccc1C(=O)OCc1ccccc1. The molecule has 0 saturated heterocycles. The summed E-state index contributed by atoms with van der Waals surface area (Å²) in [6.07, 6.45) is 1.86. The number of alkyl carbamates (subject to hydrolysis) is 1. The van der Waals surface area contributed by atoms with Gasteiger partial charge in [0.2, 0.25) is 0 Å². The van der Waals surface area contributed by atoms with E-state index in [-0.39, 0.29) is 40.1 Å². The normalized spacial score (nSPS) is 20.6. The fourth-order valence-corrected chi connectivity index (χ4v) is 6.94. The van der Waals surface area contributed by atoms with Gasteiger partial charge in [-0.2, -0.15) is 0 Å². The van der Waals surface area contributed by atoms with Gasteiger partial charge in [-0.05, 0) is 0 Å². The minimum absolute atomic E-state index is 0.0172. The van der Waals surface area contributed by atoms with E-state index in [1.807, 2.05) is 59.3 Å². The summed E-state index contributed by atoms with van der Waals surface area (Å²) in [5.41, 5.74) is 10.6. The van der Waals surface area contributed by atoms with Crippen LogP contribution in [-0.2, 0) is 16.1 Å². The molecule has 10 heteroatoms. The predicted octanol–water partition coefficient (Wildman–Crippen LogP) is 4.65. The Bertz CT molecular complexity index is 1230. The van der Waals surface area contributed by atoms with Gasteiger partial charge in [-0.15, -0.1) is 0 Å². The Balaban J connectivity index is 1.57. The second kappa shape index (κ2) is 13.0. The first-order valence-electron chi connectivity index (χ1n) is 12.1. The van der Waals surface area contributed by atoms with E-state index in [0.29, 0.717) is 12.1 Å². The van der Waals surface area contributed by atoms with E-state index in [2.05, 4.69) is 27.5 Å². The Kier molecular flexibility index (Phi) is 9.27. The monoisotopic (exact) mass is 567 g/mol. The van der Waals surface area contributed by atoms with Crippen molar-refractivity contribution in [1.82, 2.24) is 9.88 Å². The van der Waals surface area contributed by atoms with Crippen LogP contribution in [0.2, 0.25) is 5.32 Å². The van der Waals surface area contributed by atoms with Gasteiger partial charge in [0.1, 0.15) is 0 Å². The average Bonchev–Trinajstić information content (AvgIpc) is 3.53. The first-order valence-corrected chi connectivity index (χ1v) is 14.2. The number of carbonyl (C=O) groups is 2. The van der Waals surface area contributed by atoms with Crippen molar-refractivity contribution in [2.45, 2.75) is 43.4 Å². The van der Waals surface area contributed by atoms with Crippen molar-refractivity contribution in [3.63, 3.8) is 0 Å². The molecule has 0 bridgehead atoms. The van der Waals surface area contributed by atoms with Crippen LogP contribution < -0.4 is 9.78 Å². The third-order valence-electron chi connectivity index (χ3n) is 6.32. The standard InChI is InChI=1S/C27H29N5O4Se/c1-2-35-27(34)29-25-23(16-20(24(25)30-31-28)18-37-21-12-7-4-8-13-21)32-15-9-14-22(32)26(33)36-17-19-10-5-3-6-11-19/h3-15,20,23-25H,2,16-18H2,1H3,(H,29,34)/t20-,23-,24-,25-/m1/s1. The summed E-state index contributed by atoms with van der Waals surface area (Å²) in [7, 11) is 0. The molecule has 1 saturated carbocycles. The van der Waals surface area contributed by atoms with Crippen LogP contribution in [-0.4, -0.2) is 50.3 Å². The van der Waals surface area contributed by atoms with Crippen molar-refractivity contribution in [3.8, 4) is 0 Å². The molecule has 1 fully saturated rings. The molecule has 1 N–H and O–H groups in total. The first-order chi connectivity index (χ1) is 18.1. The maximum absolute atomic E-state index is 13.1. The molecular formula is C27H29N5O4Se. The van der Waals surface area contributed by atoms with Gasteiger partial charge in [-0.3, -0.25) is 0 Å². The zero-order valence-corrected chi connectivity index (χ0v) is 22.2. The number of carbonyl (C=O) groups excluding carboxylic acids is 2. The minimum atomic E-state index is -0.579. The number of benzene rings is 2. The number of ether oxygens (including phenoxy) is 2. The molecule has 4 atom stereocenters. The summed E-state index contributed by atoms with van der Waals surface area (Å²) in [6, 6.07) is 21.8. The van der Waals surface area contributed by atoms with E-state index in [1.165, 1.54) is 4.46 Å². The van der Waals surface area contributed by atoms with E-state index < -0.39 is 24.1 Å². The van der Waals surface area contributed by atoms with Crippen molar-refractivity contribution < 1.29 is 19.1 Å². The Morgan fingerprint density at radius 1 is 1.08 bits per heavy atom. The second-order valence-corrected chi connectivity index (χ2v) is 10.9. The zero-order chi connectivity index (χ0) is 26.0. The number of nitrogens with zero attached hydrogens (tertiary/aromatic N) is 4. The molecule has 0 spiro atoms. The molecule has 192 valence electrons. The molecular weight excluding hydrogens is 537 g/mol. The number of azide groups is 1. The predicted molar refractivity (Wildman–Crippen MR) is 141 cm³/mol. The van der Waals surface area contributed by atoms with E-state index in [1.54, 1.807) is 19.1 Å². The van der Waals surface area contributed by atoms with Crippen molar-refractivity contribution in [2.75, 3.05) is 6.61 Å². The third-order valence-corrected chi connectivity index (χ3v) is 8.84. The van der Waals surface area contributed by atoms with Crippen LogP contribution in [0.3, 0.4) is 0 Å². The number of amides is 1.